The molecule has 98 valence electrons. The molecule has 0 N–H and O–H groups in total. The van der Waals surface area contributed by atoms with Gasteiger partial charge in [0.1, 0.15) is 0 Å². The molecule has 0 radical (unpaired) electrons. The Balaban J connectivity index is 4.02. The third-order valence-electron chi connectivity index (χ3n) is 2.47. The monoisotopic (exact) mass is 277 g/mol. The molecule has 16 heavy (non-hydrogen) atoms. The fourth-order valence-electron chi connectivity index (χ4n) is 1.67. The van der Waals surface area contributed by atoms with Crippen LogP contribution in [0, 0.1) is 0 Å². The predicted molar refractivity (Wildman–Crippen MR) is 65.2 cm³/mol. The number of alkyl halides is 4. The highest BCUT2D eigenvalue weighted by atomic mass is 35.5. The Kier molecular flexibility index (Phi) is 8.68. The number of hydrogen-bond acceptors (Lipinski definition) is 2. The summed E-state index contributed by atoms with van der Waals surface area (Å²) in [4.78, 5) is 2.05. The van der Waals surface area contributed by atoms with E-state index in [1.807, 2.05) is 18.7 Å². The van der Waals surface area contributed by atoms with Crippen LogP contribution in [0.25, 0.3) is 0 Å². The lowest BCUT2D eigenvalue weighted by atomic mass is 10.1. The van der Waals surface area contributed by atoms with Crippen LogP contribution in [0.1, 0.15) is 26.7 Å². The van der Waals surface area contributed by atoms with Gasteiger partial charge >= 0.3 is 5.51 Å². The third-order valence-corrected chi connectivity index (χ3v) is 3.36. The van der Waals surface area contributed by atoms with Crippen LogP contribution in [0.4, 0.5) is 13.2 Å². The zero-order chi connectivity index (χ0) is 12.6. The van der Waals surface area contributed by atoms with Crippen LogP contribution in [0.2, 0.25) is 0 Å². The van der Waals surface area contributed by atoms with Gasteiger partial charge in [0.05, 0.1) is 0 Å². The highest BCUT2D eigenvalue weighted by molar-refractivity contribution is 8.00. The molecule has 0 atom stereocenters. The van der Waals surface area contributed by atoms with Crippen molar-refractivity contribution < 1.29 is 13.2 Å². The molecule has 0 aliphatic rings. The van der Waals surface area contributed by atoms with Gasteiger partial charge in [0.2, 0.25) is 0 Å². The minimum atomic E-state index is -4.12. The summed E-state index contributed by atoms with van der Waals surface area (Å²) < 4.78 is 35.9. The summed E-state index contributed by atoms with van der Waals surface area (Å²) in [6.07, 6.45) is 1.90. The molecular weight excluding hydrogens is 259 g/mol. The van der Waals surface area contributed by atoms with E-state index in [9.17, 15) is 13.2 Å². The summed E-state index contributed by atoms with van der Waals surface area (Å²) in [7, 11) is 0. The molecule has 0 bridgehead atoms. The molecular formula is C10H19ClF3NS. The molecule has 0 rings (SSSR count). The molecule has 0 unspecified atom stereocenters. The Hall–Kier alpha value is 0.390. The van der Waals surface area contributed by atoms with Crippen molar-refractivity contribution in [3.63, 3.8) is 0 Å². The average Bonchev–Trinajstić information content (AvgIpc) is 2.17. The Morgan fingerprint density at radius 1 is 1.19 bits per heavy atom. The fraction of sp³-hybridized carbons (Fsp3) is 1.00. The van der Waals surface area contributed by atoms with Crippen LogP contribution in [-0.2, 0) is 0 Å². The first kappa shape index (κ1) is 16.4. The van der Waals surface area contributed by atoms with Gasteiger partial charge in [-0.05, 0) is 24.6 Å². The standard InChI is InChI=1S/C10H19ClF3NS/c1-3-9(4-2)15(6-5-11)7-8-16-10(12,13)14/h9H,3-8H2,1-2H3. The van der Waals surface area contributed by atoms with Crippen LogP contribution in [0.15, 0.2) is 0 Å². The van der Waals surface area contributed by atoms with E-state index in [1.165, 1.54) is 0 Å². The highest BCUT2D eigenvalue weighted by Crippen LogP contribution is 2.30. The summed E-state index contributed by atoms with van der Waals surface area (Å²) in [5.74, 6) is 0.546. The largest absolute Gasteiger partial charge is 0.441 e. The fourth-order valence-corrected chi connectivity index (χ4v) is 2.44. The lowest BCUT2D eigenvalue weighted by Crippen LogP contribution is -2.38. The van der Waals surface area contributed by atoms with E-state index in [4.69, 9.17) is 11.6 Å². The second-order valence-electron chi connectivity index (χ2n) is 3.49. The summed E-state index contributed by atoms with van der Waals surface area (Å²) in [5.41, 5.74) is -4.12. The summed E-state index contributed by atoms with van der Waals surface area (Å²) in [6.45, 7) is 5.20. The van der Waals surface area contributed by atoms with Crippen molar-refractivity contribution in [2.45, 2.75) is 38.2 Å². The maximum atomic E-state index is 12.0. The van der Waals surface area contributed by atoms with Gasteiger partial charge in [0, 0.05) is 30.8 Å². The molecule has 0 aliphatic heterocycles. The van der Waals surface area contributed by atoms with Gasteiger partial charge < -0.3 is 0 Å². The smallest absolute Gasteiger partial charge is 0.298 e. The van der Waals surface area contributed by atoms with Gasteiger partial charge in [-0.25, -0.2) is 0 Å². The van der Waals surface area contributed by atoms with E-state index in [0.717, 1.165) is 12.8 Å². The second-order valence-corrected chi connectivity index (χ2v) is 5.03. The number of rotatable bonds is 8. The molecule has 1 nitrogen and oxygen atoms in total. The zero-order valence-electron chi connectivity index (χ0n) is 9.69. The molecule has 0 amide bonds. The minimum absolute atomic E-state index is 0.0414. The van der Waals surface area contributed by atoms with Gasteiger partial charge in [0.15, 0.2) is 0 Å². The van der Waals surface area contributed by atoms with Crippen molar-refractivity contribution in [3.8, 4) is 0 Å². The maximum absolute atomic E-state index is 12.0. The van der Waals surface area contributed by atoms with E-state index in [0.29, 0.717) is 25.0 Å². The van der Waals surface area contributed by atoms with Crippen LogP contribution in [0.3, 0.4) is 0 Å². The molecule has 0 fully saturated rings. The predicted octanol–water partition coefficient (Wildman–Crippen LogP) is 3.97. The SMILES string of the molecule is CCC(CC)N(CCCl)CCSC(F)(F)F. The third kappa shape index (κ3) is 7.63. The summed E-state index contributed by atoms with van der Waals surface area (Å²) in [5, 5.41) is 0. The van der Waals surface area contributed by atoms with Gasteiger partial charge in [0.25, 0.3) is 0 Å². The molecule has 0 heterocycles. The number of nitrogens with zero attached hydrogens (tertiary/aromatic N) is 1. The van der Waals surface area contributed by atoms with Gasteiger partial charge in [-0.1, -0.05) is 13.8 Å². The van der Waals surface area contributed by atoms with Crippen molar-refractivity contribution in [2.24, 2.45) is 0 Å². The molecule has 6 heteroatoms. The number of halogens is 4. The lowest BCUT2D eigenvalue weighted by Gasteiger charge is -2.29. The minimum Gasteiger partial charge on any atom is -0.298 e. The summed E-state index contributed by atoms with van der Waals surface area (Å²) >= 11 is 5.69. The quantitative estimate of drug-likeness (QED) is 0.618. The first-order valence-electron chi connectivity index (χ1n) is 5.45. The topological polar surface area (TPSA) is 3.24 Å². The molecule has 0 aromatic heterocycles. The van der Waals surface area contributed by atoms with E-state index in [1.54, 1.807) is 0 Å². The highest BCUT2D eigenvalue weighted by Gasteiger charge is 2.28. The normalized spacial score (nSPS) is 12.8. The van der Waals surface area contributed by atoms with Crippen molar-refractivity contribution in [1.82, 2.24) is 4.90 Å². The van der Waals surface area contributed by atoms with Crippen LogP contribution >= 0.6 is 23.4 Å². The lowest BCUT2D eigenvalue weighted by molar-refractivity contribution is -0.0329. The first-order valence-corrected chi connectivity index (χ1v) is 6.97. The molecule has 0 aromatic rings. The molecule has 0 saturated heterocycles. The van der Waals surface area contributed by atoms with Crippen molar-refractivity contribution >= 4 is 23.4 Å². The molecule has 0 saturated carbocycles. The summed E-state index contributed by atoms with van der Waals surface area (Å²) in [6, 6.07) is 0.340. The molecule has 0 aliphatic carbocycles. The number of hydrogen-bond donors (Lipinski definition) is 0. The Labute approximate surface area is 105 Å². The van der Waals surface area contributed by atoms with E-state index in [2.05, 4.69) is 0 Å². The maximum Gasteiger partial charge on any atom is 0.441 e. The molecule has 0 aromatic carbocycles. The van der Waals surface area contributed by atoms with Gasteiger partial charge in [-0.3, -0.25) is 4.90 Å². The van der Waals surface area contributed by atoms with E-state index < -0.39 is 5.51 Å². The van der Waals surface area contributed by atoms with Crippen molar-refractivity contribution in [3.05, 3.63) is 0 Å². The van der Waals surface area contributed by atoms with Gasteiger partial charge in [-0.15, -0.1) is 11.6 Å². The van der Waals surface area contributed by atoms with Crippen molar-refractivity contribution in [1.29, 1.82) is 0 Å². The van der Waals surface area contributed by atoms with Crippen LogP contribution in [0.5, 0.6) is 0 Å². The van der Waals surface area contributed by atoms with E-state index in [-0.39, 0.29) is 17.5 Å². The average molecular weight is 278 g/mol. The van der Waals surface area contributed by atoms with Crippen LogP contribution in [-0.4, -0.2) is 41.2 Å². The first-order chi connectivity index (χ1) is 7.44. The van der Waals surface area contributed by atoms with E-state index >= 15 is 0 Å². The van der Waals surface area contributed by atoms with Crippen LogP contribution < -0.4 is 0 Å². The Morgan fingerprint density at radius 2 is 1.75 bits per heavy atom. The van der Waals surface area contributed by atoms with Crippen molar-refractivity contribution in [2.75, 3.05) is 24.7 Å². The second kappa shape index (κ2) is 8.48. The number of thioether (sulfide) groups is 1. The Bertz CT molecular complexity index is 174. The Morgan fingerprint density at radius 3 is 2.12 bits per heavy atom. The van der Waals surface area contributed by atoms with Gasteiger partial charge in [-0.2, -0.15) is 13.2 Å². The molecule has 0 spiro atoms. The zero-order valence-corrected chi connectivity index (χ0v) is 11.3.